The third-order valence-electron chi connectivity index (χ3n) is 5.59. The van der Waals surface area contributed by atoms with Gasteiger partial charge in [-0.15, -0.1) is 0 Å². The topological polar surface area (TPSA) is 225 Å². The fraction of sp³-hybridized carbons (Fsp3) is 0.316. The number of aliphatic hydroxyl groups excluding tert-OH is 2. The van der Waals surface area contributed by atoms with Crippen LogP contribution in [0.4, 0.5) is 11.6 Å². The number of halogens is 1. The normalized spacial score (nSPS) is 24.1. The molecule has 0 aliphatic carbocycles. The van der Waals surface area contributed by atoms with Crippen molar-refractivity contribution in [3.8, 4) is 0 Å². The van der Waals surface area contributed by atoms with Crippen LogP contribution in [0.15, 0.2) is 36.7 Å². The summed E-state index contributed by atoms with van der Waals surface area (Å²) in [6.07, 6.45) is -4.37. The molecule has 18 heteroatoms. The molecule has 5 atom stereocenters. The van der Waals surface area contributed by atoms with Crippen LogP contribution in [-0.2, 0) is 18.4 Å². The fourth-order valence-electron chi connectivity index (χ4n) is 3.99. The molecule has 1 saturated heterocycles. The molecular weight excluding hydrogens is 554 g/mol. The number of aromatic nitrogens is 5. The highest BCUT2D eigenvalue weighted by atomic mass is 35.5. The molecule has 0 bridgehead atoms. The van der Waals surface area contributed by atoms with E-state index in [0.29, 0.717) is 5.82 Å². The number of aliphatic hydroxyl groups is 2. The number of para-hydroxylation sites is 1. The monoisotopic (exact) mass is 574 g/mol. The fourth-order valence-corrected chi connectivity index (χ4v) is 6.73. The van der Waals surface area contributed by atoms with Crippen LogP contribution in [0.25, 0.3) is 22.1 Å². The van der Waals surface area contributed by atoms with Crippen molar-refractivity contribution in [2.75, 3.05) is 17.8 Å². The van der Waals surface area contributed by atoms with Crippen LogP contribution in [0.1, 0.15) is 6.23 Å². The zero-order valence-corrected chi connectivity index (χ0v) is 21.2. The molecule has 4 aromatic rings. The van der Waals surface area contributed by atoms with E-state index in [1.807, 2.05) is 30.3 Å². The summed E-state index contributed by atoms with van der Waals surface area (Å²) >= 11 is 6.14. The van der Waals surface area contributed by atoms with Crippen molar-refractivity contribution in [3.05, 3.63) is 41.9 Å². The van der Waals surface area contributed by atoms with Gasteiger partial charge in [-0.3, -0.25) is 13.7 Å². The molecule has 2 unspecified atom stereocenters. The molecule has 198 valence electrons. The van der Waals surface area contributed by atoms with Crippen LogP contribution >= 0.6 is 26.8 Å². The molecule has 1 aliphatic heterocycles. The van der Waals surface area contributed by atoms with Crippen LogP contribution in [0.5, 0.6) is 0 Å². The Kier molecular flexibility index (Phi) is 6.88. The van der Waals surface area contributed by atoms with Crippen LogP contribution in [-0.4, -0.2) is 80.2 Å². The van der Waals surface area contributed by atoms with Gasteiger partial charge in [0.15, 0.2) is 29.1 Å². The first-order valence-corrected chi connectivity index (χ1v) is 14.6. The zero-order chi connectivity index (χ0) is 26.5. The summed E-state index contributed by atoms with van der Waals surface area (Å²) < 4.78 is 34.6. The maximum absolute atomic E-state index is 11.9. The quantitative estimate of drug-likeness (QED) is 0.117. The molecule has 5 rings (SSSR count). The van der Waals surface area contributed by atoms with Gasteiger partial charge in [0, 0.05) is 10.9 Å². The van der Waals surface area contributed by atoms with Gasteiger partial charge in [0.2, 0.25) is 5.28 Å². The zero-order valence-electron chi connectivity index (χ0n) is 18.6. The Balaban J connectivity index is 1.38. The molecule has 1 aromatic carbocycles. The molecule has 0 spiro atoms. The number of rotatable bonds is 8. The third-order valence-corrected chi connectivity index (χ3v) is 9.22. The number of benzene rings is 1. The molecule has 37 heavy (non-hydrogen) atoms. The molecule has 0 saturated carbocycles. The van der Waals surface area contributed by atoms with Crippen LogP contribution in [0.3, 0.4) is 0 Å². The first kappa shape index (κ1) is 26.2. The first-order valence-electron chi connectivity index (χ1n) is 10.7. The van der Waals surface area contributed by atoms with E-state index in [4.69, 9.17) is 30.6 Å². The average molecular weight is 575 g/mol. The molecule has 1 aliphatic rings. The van der Waals surface area contributed by atoms with Gasteiger partial charge in [0.1, 0.15) is 24.1 Å². The Hall–Kier alpha value is -2.42. The van der Waals surface area contributed by atoms with Crippen molar-refractivity contribution in [1.29, 1.82) is 0 Å². The van der Waals surface area contributed by atoms with E-state index in [1.165, 1.54) is 10.9 Å². The molecule has 4 heterocycles. The Bertz CT molecular complexity index is 1520. The molecule has 1 fully saturated rings. The number of nitrogens with zero attached hydrogens (tertiary/aromatic N) is 4. The van der Waals surface area contributed by atoms with Crippen molar-refractivity contribution in [3.63, 3.8) is 0 Å². The van der Waals surface area contributed by atoms with Gasteiger partial charge >= 0.3 is 15.2 Å². The Labute approximate surface area is 212 Å². The number of hydrogen-bond donors (Lipinski definition) is 7. The minimum absolute atomic E-state index is 0.139. The average Bonchev–Trinajstić information content (AvgIpc) is 3.47. The number of H-pyrrole nitrogens is 1. The first-order chi connectivity index (χ1) is 17.4. The number of fused-ring (bicyclic) bond motifs is 2. The Morgan fingerprint density at radius 2 is 1.92 bits per heavy atom. The molecule has 3 aromatic heterocycles. The summed E-state index contributed by atoms with van der Waals surface area (Å²) in [6, 6.07) is 9.49. The smallest absolute Gasteiger partial charge is 0.340 e. The lowest BCUT2D eigenvalue weighted by Gasteiger charge is -2.18. The summed E-state index contributed by atoms with van der Waals surface area (Å²) in [5.41, 5.74) is 1.32. The molecule has 0 radical (unpaired) electrons. The molecule has 15 nitrogen and oxygen atoms in total. The minimum atomic E-state index is -4.84. The Morgan fingerprint density at radius 1 is 1.16 bits per heavy atom. The van der Waals surface area contributed by atoms with Crippen molar-refractivity contribution in [2.45, 2.75) is 24.5 Å². The predicted molar refractivity (Wildman–Crippen MR) is 131 cm³/mol. The van der Waals surface area contributed by atoms with Gasteiger partial charge in [-0.25, -0.2) is 4.98 Å². The van der Waals surface area contributed by atoms with E-state index in [-0.39, 0.29) is 22.3 Å². The maximum atomic E-state index is 11.9. The predicted octanol–water partition coefficient (Wildman–Crippen LogP) is 1.66. The lowest BCUT2D eigenvalue weighted by molar-refractivity contribution is -0.0483. The standard InChI is InChI=1S/C19H21ClN6O9P2/c20-19-24-16(23-12-5-9-3-1-2-4-10(9)22-12)13-17(25-19)26(7-21-13)18-15(28)14(27)11(35-18)6-34-37(32,33)8-36(29,30)31/h1-5,7,11,14-15,18,22,27-28H,6,8H2,(H,32,33)(H,23,24,25)(H2,29,30,31)/t11-,14?,15+,18-/m1/s1. The van der Waals surface area contributed by atoms with Crippen molar-refractivity contribution < 1.29 is 43.3 Å². The van der Waals surface area contributed by atoms with Gasteiger partial charge in [0.05, 0.1) is 12.9 Å². The van der Waals surface area contributed by atoms with E-state index < -0.39 is 52.2 Å². The summed E-state index contributed by atoms with van der Waals surface area (Å²) in [5.74, 6) is -0.532. The van der Waals surface area contributed by atoms with Crippen molar-refractivity contribution in [2.24, 2.45) is 0 Å². The maximum Gasteiger partial charge on any atom is 0.340 e. The van der Waals surface area contributed by atoms with E-state index in [9.17, 15) is 24.2 Å². The largest absolute Gasteiger partial charge is 0.387 e. The number of aromatic amines is 1. The highest BCUT2D eigenvalue weighted by Gasteiger charge is 2.45. The summed E-state index contributed by atoms with van der Waals surface area (Å²) in [4.78, 5) is 43.4. The second-order valence-electron chi connectivity index (χ2n) is 8.35. The lowest BCUT2D eigenvalue weighted by atomic mass is 10.1. The lowest BCUT2D eigenvalue weighted by Crippen LogP contribution is -2.33. The van der Waals surface area contributed by atoms with Gasteiger partial charge in [0.25, 0.3) is 0 Å². The second kappa shape index (κ2) is 9.71. The SMILES string of the molecule is O=P(O)(O)CP(=O)(O)OC[C@H]1O[C@@H](n2cnc3c(Nc4cc5ccccc5[nH]4)nc(Cl)nc32)[C@@H](O)C1O. The Morgan fingerprint density at radius 3 is 2.65 bits per heavy atom. The summed E-state index contributed by atoms with van der Waals surface area (Å²) in [7, 11) is -9.53. The van der Waals surface area contributed by atoms with E-state index in [2.05, 4.69) is 25.3 Å². The number of ether oxygens (including phenoxy) is 1. The van der Waals surface area contributed by atoms with Gasteiger partial charge in [-0.2, -0.15) is 9.97 Å². The van der Waals surface area contributed by atoms with E-state index in [0.717, 1.165) is 10.9 Å². The van der Waals surface area contributed by atoms with Crippen molar-refractivity contribution in [1.82, 2.24) is 24.5 Å². The van der Waals surface area contributed by atoms with E-state index >= 15 is 0 Å². The molecule has 0 amide bonds. The van der Waals surface area contributed by atoms with Crippen LogP contribution < -0.4 is 5.32 Å². The molecular formula is C19H21ClN6O9P2. The van der Waals surface area contributed by atoms with Crippen molar-refractivity contribution >= 4 is 60.5 Å². The summed E-state index contributed by atoms with van der Waals surface area (Å²) in [6.45, 7) is -0.724. The van der Waals surface area contributed by atoms with Crippen LogP contribution in [0.2, 0.25) is 5.28 Å². The van der Waals surface area contributed by atoms with Gasteiger partial charge in [-0.1, -0.05) is 18.2 Å². The third kappa shape index (κ3) is 5.56. The van der Waals surface area contributed by atoms with Gasteiger partial charge in [-0.05, 0) is 23.7 Å². The second-order valence-corrected chi connectivity index (χ2v) is 12.7. The van der Waals surface area contributed by atoms with Crippen LogP contribution in [0, 0.1) is 0 Å². The highest BCUT2D eigenvalue weighted by Crippen LogP contribution is 2.55. The van der Waals surface area contributed by atoms with Gasteiger partial charge < -0.3 is 44.5 Å². The van der Waals surface area contributed by atoms with E-state index in [1.54, 1.807) is 0 Å². The highest BCUT2D eigenvalue weighted by molar-refractivity contribution is 7.70. The molecule has 7 N–H and O–H groups in total. The summed E-state index contributed by atoms with van der Waals surface area (Å²) in [5, 5.41) is 24.9. The minimum Gasteiger partial charge on any atom is -0.387 e. The number of hydrogen-bond acceptors (Lipinski definition) is 10. The number of anilines is 2. The number of imidazole rings is 1. The number of nitrogens with one attached hydrogen (secondary N) is 2.